The van der Waals surface area contributed by atoms with Crippen molar-refractivity contribution in [1.82, 2.24) is 15.1 Å². The van der Waals surface area contributed by atoms with Crippen LogP contribution in [0.5, 0.6) is 0 Å². The van der Waals surface area contributed by atoms with Gasteiger partial charge in [-0.1, -0.05) is 0 Å². The number of ether oxygens (including phenoxy) is 2. The molecule has 1 aromatic heterocycles. The number of H-pyrrole nitrogens is 1. The number of carbonyl (C=O) groups excluding carboxylic acids is 2. The molecule has 0 aliphatic carbocycles. The number of nitrogens with one attached hydrogen (secondary N) is 1. The number of methoxy groups -OCH3 is 1. The number of alkyl halides is 2. The first-order valence-electron chi connectivity index (χ1n) is 6.77. The van der Waals surface area contributed by atoms with Gasteiger partial charge in [-0.3, -0.25) is 14.7 Å². The minimum Gasteiger partial charge on any atom is -0.468 e. The van der Waals surface area contributed by atoms with E-state index in [2.05, 4.69) is 10.2 Å². The molecule has 3 heterocycles. The molecule has 120 valence electrons. The number of aromatic nitrogens is 2. The molecule has 1 aromatic rings. The predicted molar refractivity (Wildman–Crippen MR) is 68.2 cm³/mol. The molecule has 0 bridgehead atoms. The zero-order chi connectivity index (χ0) is 15.9. The van der Waals surface area contributed by atoms with Gasteiger partial charge in [0.1, 0.15) is 11.1 Å². The van der Waals surface area contributed by atoms with Gasteiger partial charge in [-0.2, -0.15) is 5.10 Å². The summed E-state index contributed by atoms with van der Waals surface area (Å²) in [4.78, 5) is 25.9. The molecule has 22 heavy (non-hydrogen) atoms. The van der Waals surface area contributed by atoms with Crippen LogP contribution in [0, 0.1) is 11.3 Å². The van der Waals surface area contributed by atoms with E-state index < -0.39 is 29.4 Å². The molecule has 1 N–H and O–H groups in total. The van der Waals surface area contributed by atoms with Crippen molar-refractivity contribution in [3.63, 3.8) is 0 Å². The topological polar surface area (TPSA) is 84.5 Å². The normalized spacial score (nSPS) is 27.3. The van der Waals surface area contributed by atoms with Crippen molar-refractivity contribution < 1.29 is 27.8 Å². The Morgan fingerprint density at radius 3 is 3.00 bits per heavy atom. The lowest BCUT2D eigenvalue weighted by atomic mass is 9.81. The van der Waals surface area contributed by atoms with Gasteiger partial charge in [0.05, 0.1) is 20.3 Å². The maximum atomic E-state index is 12.5. The number of likely N-dealkylation sites (tertiary alicyclic amines) is 1. The van der Waals surface area contributed by atoms with Crippen molar-refractivity contribution in [2.75, 3.05) is 33.4 Å². The summed E-state index contributed by atoms with van der Waals surface area (Å²) in [5.74, 6) is -1.06. The molecule has 7 nitrogen and oxygen atoms in total. The number of fused-ring (bicyclic) bond motifs is 1. The fourth-order valence-electron chi connectivity index (χ4n) is 3.10. The second-order valence-electron chi connectivity index (χ2n) is 5.55. The third-order valence-electron chi connectivity index (χ3n) is 4.30. The monoisotopic (exact) mass is 315 g/mol. The number of amides is 1. The van der Waals surface area contributed by atoms with Gasteiger partial charge in [0.15, 0.2) is 5.69 Å². The summed E-state index contributed by atoms with van der Waals surface area (Å²) in [6, 6.07) is 1.03. The maximum absolute atomic E-state index is 12.5. The molecule has 3 rings (SSSR count). The van der Waals surface area contributed by atoms with E-state index in [0.29, 0.717) is 13.2 Å². The van der Waals surface area contributed by atoms with E-state index >= 15 is 0 Å². The van der Waals surface area contributed by atoms with Crippen LogP contribution in [0.4, 0.5) is 8.78 Å². The molecule has 9 heteroatoms. The van der Waals surface area contributed by atoms with Gasteiger partial charge in [-0.25, -0.2) is 8.78 Å². The van der Waals surface area contributed by atoms with Gasteiger partial charge in [0, 0.05) is 19.0 Å². The van der Waals surface area contributed by atoms with Crippen molar-refractivity contribution in [2.24, 2.45) is 11.3 Å². The van der Waals surface area contributed by atoms with Gasteiger partial charge >= 0.3 is 5.97 Å². The first-order chi connectivity index (χ1) is 10.5. The number of halogens is 2. The lowest BCUT2D eigenvalue weighted by Gasteiger charge is -2.23. The quantitative estimate of drug-likeness (QED) is 0.826. The molecule has 0 radical (unpaired) electrons. The zero-order valence-corrected chi connectivity index (χ0v) is 11.8. The molecule has 2 fully saturated rings. The summed E-state index contributed by atoms with van der Waals surface area (Å²) >= 11 is 0. The third kappa shape index (κ3) is 2.16. The number of hydrogen-bond donors (Lipinski definition) is 1. The Morgan fingerprint density at radius 1 is 1.59 bits per heavy atom. The van der Waals surface area contributed by atoms with E-state index in [1.165, 1.54) is 12.0 Å². The fourth-order valence-corrected chi connectivity index (χ4v) is 3.10. The standard InChI is InChI=1S/C13H15F2N3O4/c1-21-12(20)13-5-18(3-7(13)4-22-6-13)11(19)9-2-8(10(14)15)16-17-9/h2,7,10H,3-6H2,1H3,(H,16,17)/t7-,13-/m0/s1. The molecule has 2 aliphatic heterocycles. The summed E-state index contributed by atoms with van der Waals surface area (Å²) in [5.41, 5.74) is -1.36. The third-order valence-corrected chi connectivity index (χ3v) is 4.30. The smallest absolute Gasteiger partial charge is 0.316 e. The Hall–Kier alpha value is -2.03. The lowest BCUT2D eigenvalue weighted by Crippen LogP contribution is -2.41. The van der Waals surface area contributed by atoms with Crippen LogP contribution in [0.2, 0.25) is 0 Å². The zero-order valence-electron chi connectivity index (χ0n) is 11.8. The van der Waals surface area contributed by atoms with Crippen LogP contribution >= 0.6 is 0 Å². The highest BCUT2D eigenvalue weighted by molar-refractivity contribution is 5.93. The van der Waals surface area contributed by atoms with E-state index in [1.807, 2.05) is 0 Å². The van der Waals surface area contributed by atoms with Crippen LogP contribution in [0.15, 0.2) is 6.07 Å². The molecule has 2 saturated heterocycles. The van der Waals surface area contributed by atoms with Gasteiger partial charge in [0.25, 0.3) is 12.3 Å². The van der Waals surface area contributed by atoms with Gasteiger partial charge in [-0.15, -0.1) is 0 Å². The first-order valence-corrected chi connectivity index (χ1v) is 6.77. The van der Waals surface area contributed by atoms with Crippen molar-refractivity contribution in [3.8, 4) is 0 Å². The van der Waals surface area contributed by atoms with Crippen LogP contribution < -0.4 is 0 Å². The second-order valence-corrected chi connectivity index (χ2v) is 5.55. The largest absolute Gasteiger partial charge is 0.468 e. The molecule has 0 unspecified atom stereocenters. The number of nitrogens with zero attached hydrogens (tertiary/aromatic N) is 2. The van der Waals surface area contributed by atoms with Crippen molar-refractivity contribution in [3.05, 3.63) is 17.5 Å². The molecule has 0 saturated carbocycles. The summed E-state index contributed by atoms with van der Waals surface area (Å²) < 4.78 is 35.3. The molecule has 0 spiro atoms. The lowest BCUT2D eigenvalue weighted by molar-refractivity contribution is -0.153. The summed E-state index contributed by atoms with van der Waals surface area (Å²) in [6.07, 6.45) is -2.72. The van der Waals surface area contributed by atoms with Crippen molar-refractivity contribution in [1.29, 1.82) is 0 Å². The Kier molecular flexibility index (Phi) is 3.59. The number of esters is 1. The van der Waals surface area contributed by atoms with Crippen LogP contribution in [0.1, 0.15) is 22.6 Å². The number of hydrogen-bond acceptors (Lipinski definition) is 5. The average molecular weight is 315 g/mol. The van der Waals surface area contributed by atoms with E-state index in [-0.39, 0.29) is 24.8 Å². The highest BCUT2D eigenvalue weighted by Crippen LogP contribution is 2.42. The predicted octanol–water partition coefficient (Wildman–Crippen LogP) is 0.609. The summed E-state index contributed by atoms with van der Waals surface area (Å²) in [7, 11) is 1.29. The molecule has 2 aliphatic rings. The van der Waals surface area contributed by atoms with E-state index in [1.54, 1.807) is 0 Å². The van der Waals surface area contributed by atoms with Crippen LogP contribution in [-0.2, 0) is 14.3 Å². The highest BCUT2D eigenvalue weighted by Gasteiger charge is 2.57. The molecule has 1 amide bonds. The van der Waals surface area contributed by atoms with Gasteiger partial charge in [-0.05, 0) is 6.07 Å². The Morgan fingerprint density at radius 2 is 2.36 bits per heavy atom. The van der Waals surface area contributed by atoms with E-state index in [0.717, 1.165) is 6.07 Å². The van der Waals surface area contributed by atoms with Crippen LogP contribution in [0.25, 0.3) is 0 Å². The molecule has 0 aromatic carbocycles. The SMILES string of the molecule is COC(=O)[C@@]12COC[C@@H]1CN(C(=O)c1cc(C(F)F)[nH]n1)C2. The Labute approximate surface area is 124 Å². The van der Waals surface area contributed by atoms with E-state index in [9.17, 15) is 18.4 Å². The second kappa shape index (κ2) is 5.31. The van der Waals surface area contributed by atoms with Crippen LogP contribution in [-0.4, -0.2) is 60.4 Å². The summed E-state index contributed by atoms with van der Waals surface area (Å²) in [5, 5.41) is 5.76. The number of rotatable bonds is 3. The van der Waals surface area contributed by atoms with E-state index in [4.69, 9.17) is 9.47 Å². The number of carbonyl (C=O) groups is 2. The minimum atomic E-state index is -2.72. The first kappa shape index (κ1) is 14.9. The summed E-state index contributed by atoms with van der Waals surface area (Å²) in [6.45, 7) is 1.00. The highest BCUT2D eigenvalue weighted by atomic mass is 19.3. The maximum Gasteiger partial charge on any atom is 0.316 e. The van der Waals surface area contributed by atoms with Crippen molar-refractivity contribution in [2.45, 2.75) is 6.43 Å². The van der Waals surface area contributed by atoms with Gasteiger partial charge < -0.3 is 14.4 Å². The fraction of sp³-hybridized carbons (Fsp3) is 0.615. The van der Waals surface area contributed by atoms with Crippen LogP contribution in [0.3, 0.4) is 0 Å². The minimum absolute atomic E-state index is 0.0868. The van der Waals surface area contributed by atoms with Gasteiger partial charge in [0.2, 0.25) is 0 Å². The van der Waals surface area contributed by atoms with Crippen molar-refractivity contribution >= 4 is 11.9 Å². The Balaban J connectivity index is 1.79. The Bertz CT molecular complexity index is 606. The average Bonchev–Trinajstić information content (AvgIpc) is 3.18. The molecular formula is C13H15F2N3O4. The molecular weight excluding hydrogens is 300 g/mol. The number of aromatic amines is 1. The molecule has 2 atom stereocenters.